The van der Waals surface area contributed by atoms with Gasteiger partial charge in [0.1, 0.15) is 0 Å². The van der Waals surface area contributed by atoms with E-state index in [1.165, 1.54) is 19.3 Å². The molecule has 0 aromatic heterocycles. The van der Waals surface area contributed by atoms with Gasteiger partial charge in [0, 0.05) is 19.5 Å². The summed E-state index contributed by atoms with van der Waals surface area (Å²) in [6, 6.07) is 0. The predicted molar refractivity (Wildman–Crippen MR) is 81.7 cm³/mol. The van der Waals surface area contributed by atoms with Crippen molar-refractivity contribution in [3.05, 3.63) is 0 Å². The molecule has 4 bridgehead atoms. The maximum atomic E-state index is 12.7. The highest BCUT2D eigenvalue weighted by Crippen LogP contribution is 2.62. The number of rotatable bonds is 2. The van der Waals surface area contributed by atoms with Crippen LogP contribution in [0.3, 0.4) is 0 Å². The third-order valence-corrected chi connectivity index (χ3v) is 6.81. The lowest BCUT2D eigenvalue weighted by Crippen LogP contribution is -2.56. The van der Waals surface area contributed by atoms with Crippen molar-refractivity contribution in [2.75, 3.05) is 13.1 Å². The Labute approximate surface area is 128 Å². The lowest BCUT2D eigenvalue weighted by atomic mass is 9.47. The van der Waals surface area contributed by atoms with Gasteiger partial charge in [-0.3, -0.25) is 4.79 Å². The normalized spacial score (nSPS) is 46.1. The van der Waals surface area contributed by atoms with Crippen LogP contribution in [0.25, 0.3) is 0 Å². The van der Waals surface area contributed by atoms with E-state index < -0.39 is 5.60 Å². The van der Waals surface area contributed by atoms with Crippen molar-refractivity contribution in [3.63, 3.8) is 0 Å². The van der Waals surface area contributed by atoms with Gasteiger partial charge < -0.3 is 10.0 Å². The number of carbonyl (C=O) groups is 1. The molecule has 1 amide bonds. The highest BCUT2D eigenvalue weighted by Gasteiger charge is 2.57. The Bertz CT molecular complexity index is 424. The fourth-order valence-corrected chi connectivity index (χ4v) is 6.30. The maximum Gasteiger partial charge on any atom is 0.223 e. The summed E-state index contributed by atoms with van der Waals surface area (Å²) >= 11 is 0. The standard InChI is InChI=1S/C18H29NO2/c1-13-2-4-19(5-3-13)16(20)11-17-7-14-6-15(8-17)10-18(21,9-14)12-17/h13-15,21H,2-12H2,1H3. The van der Waals surface area contributed by atoms with E-state index in [1.54, 1.807) is 0 Å². The van der Waals surface area contributed by atoms with E-state index in [9.17, 15) is 9.90 Å². The summed E-state index contributed by atoms with van der Waals surface area (Å²) in [5.41, 5.74) is -0.292. The SMILES string of the molecule is CC1CCN(C(=O)CC23CC4CC(CC(O)(C4)C2)C3)CC1. The molecule has 0 aromatic carbocycles. The summed E-state index contributed by atoms with van der Waals surface area (Å²) in [6.45, 7) is 4.19. The van der Waals surface area contributed by atoms with E-state index in [-0.39, 0.29) is 5.41 Å². The zero-order chi connectivity index (χ0) is 14.7. The maximum absolute atomic E-state index is 12.7. The predicted octanol–water partition coefficient (Wildman–Crippen LogP) is 2.97. The molecular formula is C18H29NO2. The molecule has 5 fully saturated rings. The minimum atomic E-state index is -0.430. The molecule has 0 radical (unpaired) electrons. The van der Waals surface area contributed by atoms with Crippen molar-refractivity contribution < 1.29 is 9.90 Å². The van der Waals surface area contributed by atoms with Crippen LogP contribution in [0.4, 0.5) is 0 Å². The molecule has 3 nitrogen and oxygen atoms in total. The molecule has 3 heteroatoms. The van der Waals surface area contributed by atoms with Crippen LogP contribution in [0.15, 0.2) is 0 Å². The zero-order valence-electron chi connectivity index (χ0n) is 13.3. The van der Waals surface area contributed by atoms with Gasteiger partial charge in [0.15, 0.2) is 0 Å². The van der Waals surface area contributed by atoms with Crippen molar-refractivity contribution in [2.45, 2.75) is 70.3 Å². The van der Waals surface area contributed by atoms with Crippen LogP contribution in [0.5, 0.6) is 0 Å². The van der Waals surface area contributed by atoms with E-state index in [4.69, 9.17) is 0 Å². The number of aliphatic hydroxyl groups is 1. The van der Waals surface area contributed by atoms with Crippen molar-refractivity contribution >= 4 is 5.91 Å². The largest absolute Gasteiger partial charge is 0.390 e. The number of likely N-dealkylation sites (tertiary alicyclic amines) is 1. The minimum Gasteiger partial charge on any atom is -0.390 e. The first kappa shape index (κ1) is 14.0. The summed E-state index contributed by atoms with van der Waals surface area (Å²) in [5.74, 6) is 2.51. The van der Waals surface area contributed by atoms with E-state index in [2.05, 4.69) is 11.8 Å². The molecule has 5 aliphatic rings. The Morgan fingerprint density at radius 2 is 1.76 bits per heavy atom. The summed E-state index contributed by atoms with van der Waals surface area (Å²) < 4.78 is 0. The number of amides is 1. The first-order chi connectivity index (χ1) is 9.95. The lowest BCUT2D eigenvalue weighted by molar-refractivity contribution is -0.172. The van der Waals surface area contributed by atoms with E-state index >= 15 is 0 Å². The molecule has 21 heavy (non-hydrogen) atoms. The third-order valence-electron chi connectivity index (χ3n) is 6.81. The van der Waals surface area contributed by atoms with Crippen LogP contribution in [0, 0.1) is 23.2 Å². The summed E-state index contributed by atoms with van der Waals surface area (Å²) in [4.78, 5) is 14.8. The molecule has 2 unspecified atom stereocenters. The monoisotopic (exact) mass is 291 g/mol. The van der Waals surface area contributed by atoms with Crippen molar-refractivity contribution in [1.29, 1.82) is 0 Å². The highest BCUT2D eigenvalue weighted by molar-refractivity contribution is 5.77. The molecule has 1 heterocycles. The van der Waals surface area contributed by atoms with Crippen LogP contribution >= 0.6 is 0 Å². The lowest BCUT2D eigenvalue weighted by Gasteiger charge is -2.60. The van der Waals surface area contributed by atoms with Crippen molar-refractivity contribution in [2.24, 2.45) is 23.2 Å². The summed E-state index contributed by atoms with van der Waals surface area (Å²) in [6.07, 6.45) is 9.62. The molecule has 2 atom stereocenters. The fraction of sp³-hybridized carbons (Fsp3) is 0.944. The van der Waals surface area contributed by atoms with E-state index in [0.29, 0.717) is 24.2 Å². The second-order valence-corrected chi connectivity index (χ2v) is 8.93. The molecule has 5 rings (SSSR count). The van der Waals surface area contributed by atoms with Gasteiger partial charge >= 0.3 is 0 Å². The molecule has 0 aromatic rings. The second kappa shape index (κ2) is 4.71. The van der Waals surface area contributed by atoms with Gasteiger partial charge in [-0.2, -0.15) is 0 Å². The number of carbonyl (C=O) groups excluding carboxylic acids is 1. The average molecular weight is 291 g/mol. The summed E-state index contributed by atoms with van der Waals surface area (Å²) in [5, 5.41) is 10.8. The van der Waals surface area contributed by atoms with Crippen molar-refractivity contribution in [1.82, 2.24) is 4.90 Å². The Morgan fingerprint density at radius 3 is 2.33 bits per heavy atom. The Kier molecular flexibility index (Phi) is 3.15. The van der Waals surface area contributed by atoms with E-state index in [0.717, 1.165) is 51.1 Å². The van der Waals surface area contributed by atoms with Gasteiger partial charge in [-0.25, -0.2) is 0 Å². The minimum absolute atomic E-state index is 0.138. The average Bonchev–Trinajstić information content (AvgIpc) is 2.35. The van der Waals surface area contributed by atoms with Gasteiger partial charge in [-0.05, 0) is 74.5 Å². The molecule has 118 valence electrons. The molecule has 1 N–H and O–H groups in total. The van der Waals surface area contributed by atoms with Gasteiger partial charge in [0.05, 0.1) is 5.60 Å². The molecule has 1 saturated heterocycles. The van der Waals surface area contributed by atoms with E-state index in [1.807, 2.05) is 0 Å². The zero-order valence-corrected chi connectivity index (χ0v) is 13.3. The summed E-state index contributed by atoms with van der Waals surface area (Å²) in [7, 11) is 0. The first-order valence-electron chi connectivity index (χ1n) is 8.96. The van der Waals surface area contributed by atoms with Crippen molar-refractivity contribution in [3.8, 4) is 0 Å². The quantitative estimate of drug-likeness (QED) is 0.849. The Morgan fingerprint density at radius 1 is 1.14 bits per heavy atom. The molecule has 1 aliphatic heterocycles. The van der Waals surface area contributed by atoms with Crippen LogP contribution in [0.1, 0.15) is 64.7 Å². The smallest absolute Gasteiger partial charge is 0.223 e. The Balaban J connectivity index is 1.45. The fourth-order valence-electron chi connectivity index (χ4n) is 6.30. The number of hydrogen-bond donors (Lipinski definition) is 1. The first-order valence-corrected chi connectivity index (χ1v) is 8.96. The van der Waals surface area contributed by atoms with Crippen LogP contribution in [-0.2, 0) is 4.79 Å². The number of piperidine rings is 1. The molecule has 4 aliphatic carbocycles. The van der Waals surface area contributed by atoms with Gasteiger partial charge in [-0.15, -0.1) is 0 Å². The number of nitrogens with zero attached hydrogens (tertiary/aromatic N) is 1. The topological polar surface area (TPSA) is 40.5 Å². The molecule has 4 saturated carbocycles. The van der Waals surface area contributed by atoms with Crippen LogP contribution < -0.4 is 0 Å². The van der Waals surface area contributed by atoms with Gasteiger partial charge in [-0.1, -0.05) is 6.92 Å². The molecule has 0 spiro atoms. The Hall–Kier alpha value is -0.570. The highest BCUT2D eigenvalue weighted by atomic mass is 16.3. The van der Waals surface area contributed by atoms with Crippen LogP contribution in [-0.4, -0.2) is 34.6 Å². The third kappa shape index (κ3) is 2.52. The van der Waals surface area contributed by atoms with Crippen LogP contribution in [0.2, 0.25) is 0 Å². The number of hydrogen-bond acceptors (Lipinski definition) is 2. The van der Waals surface area contributed by atoms with Gasteiger partial charge in [0.25, 0.3) is 0 Å². The molecular weight excluding hydrogens is 262 g/mol. The second-order valence-electron chi connectivity index (χ2n) is 8.93. The van der Waals surface area contributed by atoms with Gasteiger partial charge in [0.2, 0.25) is 5.91 Å².